The zero-order chi connectivity index (χ0) is 50.0. The molecule has 1 atom stereocenters. The van der Waals surface area contributed by atoms with Gasteiger partial charge in [-0.1, -0.05) is 236 Å². The molecule has 0 radical (unpaired) electrons. The molecule has 0 bridgehead atoms. The van der Waals surface area contributed by atoms with Crippen molar-refractivity contribution in [1.29, 1.82) is 0 Å². The standard InChI is InChI=1S/C63H112O6/c1-4-7-10-13-16-19-22-25-27-29-31-33-35-38-41-44-47-50-53-56-62(65)68-59-60(58-67-61(64)55-52-49-46-43-40-37-24-21-18-15-12-9-6-3)69-63(66)57-54-51-48-45-42-39-36-34-32-30-28-26-23-20-17-14-11-8-5-2/h16-17,19-21,24-28,60H,4-15,18,22-23,29-59H2,1-3H3/b19-16-,20-17-,24-21-,27-25-,28-26-/t60-/m1/s1. The number of ether oxygens (including phenoxy) is 3. The zero-order valence-corrected chi connectivity index (χ0v) is 45.8. The van der Waals surface area contributed by atoms with Crippen LogP contribution < -0.4 is 0 Å². The molecule has 0 aliphatic carbocycles. The number of hydrogen-bond donors (Lipinski definition) is 0. The molecular weight excluding hydrogens is 853 g/mol. The van der Waals surface area contributed by atoms with Crippen molar-refractivity contribution >= 4 is 17.9 Å². The van der Waals surface area contributed by atoms with Gasteiger partial charge < -0.3 is 14.2 Å². The largest absolute Gasteiger partial charge is 0.462 e. The van der Waals surface area contributed by atoms with Crippen LogP contribution in [0.15, 0.2) is 60.8 Å². The molecule has 0 aromatic carbocycles. The molecule has 6 heteroatoms. The van der Waals surface area contributed by atoms with E-state index in [9.17, 15) is 14.4 Å². The Morgan fingerprint density at radius 3 is 0.841 bits per heavy atom. The van der Waals surface area contributed by atoms with Crippen LogP contribution in [0, 0.1) is 0 Å². The van der Waals surface area contributed by atoms with Gasteiger partial charge in [-0.05, 0) is 109 Å². The van der Waals surface area contributed by atoms with Crippen LogP contribution >= 0.6 is 0 Å². The summed E-state index contributed by atoms with van der Waals surface area (Å²) in [7, 11) is 0. The van der Waals surface area contributed by atoms with Crippen LogP contribution in [0.2, 0.25) is 0 Å². The highest BCUT2D eigenvalue weighted by molar-refractivity contribution is 5.71. The molecule has 69 heavy (non-hydrogen) atoms. The molecule has 0 fully saturated rings. The van der Waals surface area contributed by atoms with Crippen LogP contribution in [0.25, 0.3) is 0 Å². The maximum absolute atomic E-state index is 12.9. The van der Waals surface area contributed by atoms with Gasteiger partial charge in [-0.15, -0.1) is 0 Å². The fraction of sp³-hybridized carbons (Fsp3) is 0.794. The molecule has 0 amide bonds. The lowest BCUT2D eigenvalue weighted by Crippen LogP contribution is -2.30. The molecule has 0 spiro atoms. The van der Waals surface area contributed by atoms with E-state index in [2.05, 4.69) is 81.5 Å². The van der Waals surface area contributed by atoms with Crippen molar-refractivity contribution in [2.24, 2.45) is 0 Å². The van der Waals surface area contributed by atoms with E-state index in [1.807, 2.05) is 0 Å². The van der Waals surface area contributed by atoms with E-state index in [0.717, 1.165) is 77.0 Å². The number of hydrogen-bond acceptors (Lipinski definition) is 6. The third-order valence-corrected chi connectivity index (χ3v) is 13.0. The molecule has 0 heterocycles. The smallest absolute Gasteiger partial charge is 0.306 e. The van der Waals surface area contributed by atoms with Crippen molar-refractivity contribution in [3.8, 4) is 0 Å². The Bertz CT molecular complexity index is 1250. The normalized spacial score (nSPS) is 12.4. The summed E-state index contributed by atoms with van der Waals surface area (Å²) in [5.41, 5.74) is 0. The van der Waals surface area contributed by atoms with Gasteiger partial charge in [-0.25, -0.2) is 0 Å². The van der Waals surface area contributed by atoms with Crippen molar-refractivity contribution in [2.45, 2.75) is 309 Å². The Hall–Kier alpha value is -2.89. The first-order chi connectivity index (χ1) is 34.0. The predicted octanol–water partition coefficient (Wildman–Crippen LogP) is 20.0. The second-order valence-electron chi connectivity index (χ2n) is 19.9. The van der Waals surface area contributed by atoms with Crippen LogP contribution in [-0.2, 0) is 28.6 Å². The van der Waals surface area contributed by atoms with Gasteiger partial charge in [0.1, 0.15) is 13.2 Å². The van der Waals surface area contributed by atoms with Crippen molar-refractivity contribution < 1.29 is 28.6 Å². The lowest BCUT2D eigenvalue weighted by molar-refractivity contribution is -0.167. The van der Waals surface area contributed by atoms with Crippen molar-refractivity contribution in [1.82, 2.24) is 0 Å². The minimum Gasteiger partial charge on any atom is -0.462 e. The SMILES string of the molecule is CCCCC/C=C\C/C=C\CCCCCCCCCCCC(=O)OC[C@@H](COC(=O)CCCCCCC/C=C\CCCCCC)OC(=O)CCCCCCCCCCC/C=C\C/C=C\CCCCC. The number of unbranched alkanes of at least 4 members (excludes halogenated alkanes) is 33. The third kappa shape index (κ3) is 55.9. The summed E-state index contributed by atoms with van der Waals surface area (Å²) in [5, 5.41) is 0. The van der Waals surface area contributed by atoms with Crippen LogP contribution in [-0.4, -0.2) is 37.2 Å². The van der Waals surface area contributed by atoms with Crippen molar-refractivity contribution in [2.75, 3.05) is 13.2 Å². The number of esters is 3. The van der Waals surface area contributed by atoms with Crippen LogP contribution in [0.5, 0.6) is 0 Å². The first kappa shape index (κ1) is 66.1. The van der Waals surface area contributed by atoms with Gasteiger partial charge in [-0.2, -0.15) is 0 Å². The van der Waals surface area contributed by atoms with Gasteiger partial charge in [-0.3, -0.25) is 14.4 Å². The minimum absolute atomic E-state index is 0.0795. The summed E-state index contributed by atoms with van der Waals surface area (Å²) < 4.78 is 16.9. The lowest BCUT2D eigenvalue weighted by atomic mass is 10.1. The van der Waals surface area contributed by atoms with Gasteiger partial charge in [0.15, 0.2) is 6.10 Å². The van der Waals surface area contributed by atoms with Gasteiger partial charge in [0.2, 0.25) is 0 Å². The fourth-order valence-electron chi connectivity index (χ4n) is 8.44. The van der Waals surface area contributed by atoms with Gasteiger partial charge >= 0.3 is 17.9 Å². The van der Waals surface area contributed by atoms with E-state index >= 15 is 0 Å². The Morgan fingerprint density at radius 2 is 0.522 bits per heavy atom. The average molecular weight is 966 g/mol. The summed E-state index contributed by atoms with van der Waals surface area (Å²) in [6.45, 7) is 6.59. The van der Waals surface area contributed by atoms with Gasteiger partial charge in [0.25, 0.3) is 0 Å². The molecule has 0 aliphatic heterocycles. The Balaban J connectivity index is 4.36. The molecular formula is C63H112O6. The maximum Gasteiger partial charge on any atom is 0.306 e. The first-order valence-corrected chi connectivity index (χ1v) is 29.8. The van der Waals surface area contributed by atoms with E-state index < -0.39 is 6.10 Å². The Morgan fingerprint density at radius 1 is 0.290 bits per heavy atom. The topological polar surface area (TPSA) is 78.9 Å². The van der Waals surface area contributed by atoms with Crippen LogP contribution in [0.4, 0.5) is 0 Å². The molecule has 0 aromatic rings. The summed E-state index contributed by atoms with van der Waals surface area (Å²) >= 11 is 0. The minimum atomic E-state index is -0.781. The lowest BCUT2D eigenvalue weighted by Gasteiger charge is -2.18. The highest BCUT2D eigenvalue weighted by Crippen LogP contribution is 2.16. The molecule has 6 nitrogen and oxygen atoms in total. The molecule has 0 saturated carbocycles. The van der Waals surface area contributed by atoms with Crippen molar-refractivity contribution in [3.63, 3.8) is 0 Å². The molecule has 0 aromatic heterocycles. The first-order valence-electron chi connectivity index (χ1n) is 29.8. The molecule has 0 N–H and O–H groups in total. The van der Waals surface area contributed by atoms with Crippen LogP contribution in [0.3, 0.4) is 0 Å². The average Bonchev–Trinajstić information content (AvgIpc) is 3.35. The molecule has 0 rings (SSSR count). The van der Waals surface area contributed by atoms with E-state index in [1.165, 1.54) is 186 Å². The quantitative estimate of drug-likeness (QED) is 0.0262. The monoisotopic (exact) mass is 965 g/mol. The molecule has 0 aliphatic rings. The summed E-state index contributed by atoms with van der Waals surface area (Å²) in [6.07, 6.45) is 72.1. The van der Waals surface area contributed by atoms with E-state index in [1.54, 1.807) is 0 Å². The van der Waals surface area contributed by atoms with E-state index in [0.29, 0.717) is 19.3 Å². The fourth-order valence-corrected chi connectivity index (χ4v) is 8.44. The highest BCUT2D eigenvalue weighted by Gasteiger charge is 2.19. The van der Waals surface area contributed by atoms with Crippen LogP contribution in [0.1, 0.15) is 303 Å². The number of carbonyl (C=O) groups excluding carboxylic acids is 3. The zero-order valence-electron chi connectivity index (χ0n) is 45.8. The summed E-state index contributed by atoms with van der Waals surface area (Å²) in [4.78, 5) is 38.2. The molecule has 0 saturated heterocycles. The van der Waals surface area contributed by atoms with Gasteiger partial charge in [0.05, 0.1) is 0 Å². The van der Waals surface area contributed by atoms with E-state index in [-0.39, 0.29) is 31.1 Å². The number of carbonyl (C=O) groups is 3. The maximum atomic E-state index is 12.9. The second-order valence-corrected chi connectivity index (χ2v) is 19.9. The third-order valence-electron chi connectivity index (χ3n) is 13.0. The van der Waals surface area contributed by atoms with Crippen molar-refractivity contribution in [3.05, 3.63) is 60.8 Å². The predicted molar refractivity (Wildman–Crippen MR) is 298 cm³/mol. The van der Waals surface area contributed by atoms with E-state index in [4.69, 9.17) is 14.2 Å². The molecule has 0 unspecified atom stereocenters. The summed E-state index contributed by atoms with van der Waals surface area (Å²) in [6, 6.07) is 0. The second kappa shape index (κ2) is 57.7. The Kier molecular flexibility index (Phi) is 55.3. The molecule has 400 valence electrons. The highest BCUT2D eigenvalue weighted by atomic mass is 16.6. The van der Waals surface area contributed by atoms with Gasteiger partial charge in [0, 0.05) is 19.3 Å². The number of rotatable bonds is 54. The Labute approximate surface area is 428 Å². The summed E-state index contributed by atoms with van der Waals surface area (Å²) in [5.74, 6) is -0.884. The number of allylic oxidation sites excluding steroid dienone is 10.